The molecule has 146 valence electrons. The predicted molar refractivity (Wildman–Crippen MR) is 105 cm³/mol. The summed E-state index contributed by atoms with van der Waals surface area (Å²) in [6.07, 6.45) is 7.06. The molecule has 0 bridgehead atoms. The van der Waals surface area contributed by atoms with Gasteiger partial charge in [-0.2, -0.15) is 0 Å². The van der Waals surface area contributed by atoms with Gasteiger partial charge in [0.2, 0.25) is 11.8 Å². The number of rotatable bonds is 4. The van der Waals surface area contributed by atoms with Crippen LogP contribution in [-0.4, -0.2) is 53.3 Å². The Labute approximate surface area is 162 Å². The van der Waals surface area contributed by atoms with E-state index in [0.717, 1.165) is 19.5 Å². The molecule has 5 nitrogen and oxygen atoms in total. The van der Waals surface area contributed by atoms with Crippen molar-refractivity contribution in [3.05, 3.63) is 35.4 Å². The molecule has 5 heteroatoms. The van der Waals surface area contributed by atoms with Crippen LogP contribution in [0.2, 0.25) is 0 Å². The standard InChI is InChI=1S/C22H31N3O2/c1-16-7-9-18(10-8-16)14-24-11-12-25-20(15-24)21(26)23-19(22(25)27)13-17-5-3-2-4-6-17/h7-10,17,19-20H,2-6,11-15H2,1H3,(H,23,26)/t19-,20+/m0/s1. The van der Waals surface area contributed by atoms with Crippen molar-refractivity contribution in [1.82, 2.24) is 15.1 Å². The molecule has 1 saturated carbocycles. The molecule has 2 atom stereocenters. The largest absolute Gasteiger partial charge is 0.342 e. The van der Waals surface area contributed by atoms with Gasteiger partial charge in [-0.15, -0.1) is 0 Å². The van der Waals surface area contributed by atoms with E-state index in [9.17, 15) is 9.59 Å². The zero-order chi connectivity index (χ0) is 18.8. The average Bonchev–Trinajstić information content (AvgIpc) is 2.68. The van der Waals surface area contributed by atoms with Gasteiger partial charge in [0, 0.05) is 26.2 Å². The van der Waals surface area contributed by atoms with Crippen molar-refractivity contribution in [2.75, 3.05) is 19.6 Å². The molecule has 1 N–H and O–H groups in total. The number of nitrogens with zero attached hydrogens (tertiary/aromatic N) is 2. The number of nitrogens with one attached hydrogen (secondary N) is 1. The van der Waals surface area contributed by atoms with Crippen molar-refractivity contribution in [2.24, 2.45) is 5.92 Å². The number of benzene rings is 1. The highest BCUT2D eigenvalue weighted by molar-refractivity contribution is 5.97. The molecule has 1 aromatic carbocycles. The number of amides is 2. The third-order valence-corrected chi connectivity index (χ3v) is 6.49. The second kappa shape index (κ2) is 8.01. The fourth-order valence-electron chi connectivity index (χ4n) is 4.87. The summed E-state index contributed by atoms with van der Waals surface area (Å²) in [5.41, 5.74) is 2.51. The van der Waals surface area contributed by atoms with Gasteiger partial charge in [0.05, 0.1) is 0 Å². The maximum Gasteiger partial charge on any atom is 0.245 e. The van der Waals surface area contributed by atoms with Crippen molar-refractivity contribution >= 4 is 11.8 Å². The SMILES string of the molecule is Cc1ccc(CN2CCN3C(=O)[C@H](CC4CCCCC4)NC(=O)[C@H]3C2)cc1. The van der Waals surface area contributed by atoms with E-state index in [1.54, 1.807) is 0 Å². The zero-order valence-corrected chi connectivity index (χ0v) is 16.3. The van der Waals surface area contributed by atoms with E-state index in [2.05, 4.69) is 41.4 Å². The molecule has 1 aliphatic carbocycles. The Bertz CT molecular complexity index is 681. The molecule has 3 aliphatic rings. The molecule has 2 amide bonds. The molecular formula is C22H31N3O2. The van der Waals surface area contributed by atoms with Crippen LogP contribution < -0.4 is 5.32 Å². The van der Waals surface area contributed by atoms with E-state index in [-0.39, 0.29) is 23.9 Å². The maximum absolute atomic E-state index is 13.0. The Kier molecular flexibility index (Phi) is 5.48. The molecule has 27 heavy (non-hydrogen) atoms. The van der Waals surface area contributed by atoms with Crippen molar-refractivity contribution < 1.29 is 9.59 Å². The first-order chi connectivity index (χ1) is 13.1. The van der Waals surface area contributed by atoms with E-state index in [0.29, 0.717) is 19.0 Å². The van der Waals surface area contributed by atoms with Crippen LogP contribution in [0.3, 0.4) is 0 Å². The first-order valence-electron chi connectivity index (χ1n) is 10.5. The smallest absolute Gasteiger partial charge is 0.245 e. The highest BCUT2D eigenvalue weighted by Gasteiger charge is 2.43. The normalized spacial score (nSPS) is 27.4. The second-order valence-electron chi connectivity index (χ2n) is 8.57. The maximum atomic E-state index is 13.0. The minimum absolute atomic E-state index is 0.0315. The molecule has 2 aliphatic heterocycles. The quantitative estimate of drug-likeness (QED) is 0.887. The molecule has 0 spiro atoms. The Morgan fingerprint density at radius 1 is 1.04 bits per heavy atom. The van der Waals surface area contributed by atoms with E-state index in [4.69, 9.17) is 0 Å². The fraction of sp³-hybridized carbons (Fsp3) is 0.636. The van der Waals surface area contributed by atoms with Crippen LogP contribution in [0.1, 0.15) is 49.7 Å². The molecular weight excluding hydrogens is 338 g/mol. The van der Waals surface area contributed by atoms with Gasteiger partial charge in [0.1, 0.15) is 12.1 Å². The average molecular weight is 370 g/mol. The topological polar surface area (TPSA) is 52.6 Å². The number of aryl methyl sites for hydroxylation is 1. The molecule has 1 aromatic rings. The monoisotopic (exact) mass is 369 g/mol. The molecule has 4 rings (SSSR count). The molecule has 3 fully saturated rings. The van der Waals surface area contributed by atoms with Gasteiger partial charge >= 0.3 is 0 Å². The summed E-state index contributed by atoms with van der Waals surface area (Å²) < 4.78 is 0. The van der Waals surface area contributed by atoms with Crippen molar-refractivity contribution in [3.8, 4) is 0 Å². The van der Waals surface area contributed by atoms with Gasteiger partial charge in [-0.3, -0.25) is 14.5 Å². The Balaban J connectivity index is 1.37. The van der Waals surface area contributed by atoms with Crippen LogP contribution in [-0.2, 0) is 16.1 Å². The summed E-state index contributed by atoms with van der Waals surface area (Å²) in [7, 11) is 0. The summed E-state index contributed by atoms with van der Waals surface area (Å²) in [5.74, 6) is 0.761. The van der Waals surface area contributed by atoms with E-state index in [1.807, 2.05) is 4.90 Å². The Hall–Kier alpha value is -1.88. The van der Waals surface area contributed by atoms with Gasteiger partial charge in [0.25, 0.3) is 0 Å². The summed E-state index contributed by atoms with van der Waals surface area (Å²) in [6.45, 7) is 5.03. The summed E-state index contributed by atoms with van der Waals surface area (Å²) in [5, 5.41) is 3.05. The number of piperazine rings is 2. The predicted octanol–water partition coefficient (Wildman–Crippen LogP) is 2.48. The zero-order valence-electron chi connectivity index (χ0n) is 16.3. The molecule has 2 heterocycles. The summed E-state index contributed by atoms with van der Waals surface area (Å²) >= 11 is 0. The number of hydrogen-bond acceptors (Lipinski definition) is 3. The molecule has 0 radical (unpaired) electrons. The second-order valence-corrected chi connectivity index (χ2v) is 8.57. The van der Waals surface area contributed by atoms with E-state index < -0.39 is 0 Å². The minimum Gasteiger partial charge on any atom is -0.342 e. The first-order valence-corrected chi connectivity index (χ1v) is 10.5. The Morgan fingerprint density at radius 2 is 1.78 bits per heavy atom. The van der Waals surface area contributed by atoms with Crippen LogP contribution in [0.15, 0.2) is 24.3 Å². The van der Waals surface area contributed by atoms with Gasteiger partial charge < -0.3 is 10.2 Å². The molecule has 2 saturated heterocycles. The first kappa shape index (κ1) is 18.5. The van der Waals surface area contributed by atoms with Crippen LogP contribution in [0.5, 0.6) is 0 Å². The van der Waals surface area contributed by atoms with Crippen molar-refractivity contribution in [1.29, 1.82) is 0 Å². The van der Waals surface area contributed by atoms with Crippen molar-refractivity contribution in [2.45, 2.75) is 64.1 Å². The van der Waals surface area contributed by atoms with E-state index >= 15 is 0 Å². The molecule has 0 unspecified atom stereocenters. The number of fused-ring (bicyclic) bond motifs is 1. The lowest BCUT2D eigenvalue weighted by Gasteiger charge is -2.46. The number of carbonyl (C=O) groups is 2. The van der Waals surface area contributed by atoms with Gasteiger partial charge in [-0.1, -0.05) is 61.9 Å². The number of hydrogen-bond donors (Lipinski definition) is 1. The minimum atomic E-state index is -0.334. The molecule has 0 aromatic heterocycles. The fourth-order valence-corrected chi connectivity index (χ4v) is 4.87. The van der Waals surface area contributed by atoms with Crippen LogP contribution in [0.4, 0.5) is 0 Å². The van der Waals surface area contributed by atoms with Crippen LogP contribution in [0.25, 0.3) is 0 Å². The van der Waals surface area contributed by atoms with Gasteiger partial charge in [-0.25, -0.2) is 0 Å². The van der Waals surface area contributed by atoms with E-state index in [1.165, 1.54) is 43.2 Å². The van der Waals surface area contributed by atoms with Crippen LogP contribution >= 0.6 is 0 Å². The third kappa shape index (κ3) is 4.18. The highest BCUT2D eigenvalue weighted by atomic mass is 16.2. The highest BCUT2D eigenvalue weighted by Crippen LogP contribution is 2.29. The Morgan fingerprint density at radius 3 is 2.52 bits per heavy atom. The van der Waals surface area contributed by atoms with Gasteiger partial charge in [-0.05, 0) is 24.8 Å². The number of carbonyl (C=O) groups excluding carboxylic acids is 2. The van der Waals surface area contributed by atoms with Crippen molar-refractivity contribution in [3.63, 3.8) is 0 Å². The summed E-state index contributed by atoms with van der Waals surface area (Å²) in [6, 6.07) is 7.90. The third-order valence-electron chi connectivity index (χ3n) is 6.49. The lowest BCUT2D eigenvalue weighted by molar-refractivity contribution is -0.153. The summed E-state index contributed by atoms with van der Waals surface area (Å²) in [4.78, 5) is 29.8. The lowest BCUT2D eigenvalue weighted by Crippen LogP contribution is -2.69. The van der Waals surface area contributed by atoms with Gasteiger partial charge in [0.15, 0.2) is 0 Å². The lowest BCUT2D eigenvalue weighted by atomic mass is 9.84. The van der Waals surface area contributed by atoms with Crippen LogP contribution in [0, 0.1) is 12.8 Å².